The highest BCUT2D eigenvalue weighted by atomic mass is 19.3. The van der Waals surface area contributed by atoms with Crippen LogP contribution in [-0.4, -0.2) is 40.5 Å². The molecule has 3 rings (SSSR count). The van der Waals surface area contributed by atoms with Crippen LogP contribution in [0.2, 0.25) is 0 Å². The van der Waals surface area contributed by atoms with E-state index in [1.807, 2.05) is 12.3 Å². The average molecular weight is 280 g/mol. The molecule has 1 aliphatic heterocycles. The summed E-state index contributed by atoms with van der Waals surface area (Å²) in [6.07, 6.45) is 2.55. The first-order valence-electron chi connectivity index (χ1n) is 6.93. The second-order valence-electron chi connectivity index (χ2n) is 5.46. The SMILES string of the molecule is Oc1cccc2[nH]cc(CCN3CCC(F)(F)CC3)c12. The van der Waals surface area contributed by atoms with E-state index in [-0.39, 0.29) is 18.6 Å². The van der Waals surface area contributed by atoms with Crippen molar-refractivity contribution in [3.63, 3.8) is 0 Å². The van der Waals surface area contributed by atoms with Gasteiger partial charge in [-0.15, -0.1) is 0 Å². The van der Waals surface area contributed by atoms with Gasteiger partial charge in [0.15, 0.2) is 0 Å². The first kappa shape index (κ1) is 13.4. The van der Waals surface area contributed by atoms with Crippen molar-refractivity contribution in [2.45, 2.75) is 25.2 Å². The van der Waals surface area contributed by atoms with Crippen molar-refractivity contribution in [2.75, 3.05) is 19.6 Å². The number of aromatic hydroxyl groups is 1. The summed E-state index contributed by atoms with van der Waals surface area (Å²) in [6, 6.07) is 5.38. The van der Waals surface area contributed by atoms with Crippen LogP contribution < -0.4 is 0 Å². The fraction of sp³-hybridized carbons (Fsp3) is 0.467. The molecule has 1 saturated heterocycles. The molecule has 2 heterocycles. The van der Waals surface area contributed by atoms with E-state index in [9.17, 15) is 13.9 Å². The van der Waals surface area contributed by atoms with Crippen molar-refractivity contribution in [2.24, 2.45) is 0 Å². The highest BCUT2D eigenvalue weighted by Gasteiger charge is 2.33. The highest BCUT2D eigenvalue weighted by molar-refractivity contribution is 5.88. The Bertz CT molecular complexity index is 599. The number of fused-ring (bicyclic) bond motifs is 1. The largest absolute Gasteiger partial charge is 0.507 e. The fourth-order valence-electron chi connectivity index (χ4n) is 2.81. The summed E-state index contributed by atoms with van der Waals surface area (Å²) in [4.78, 5) is 5.20. The Morgan fingerprint density at radius 2 is 2.00 bits per heavy atom. The Hall–Kier alpha value is -1.62. The lowest BCUT2D eigenvalue weighted by Gasteiger charge is -2.31. The molecule has 0 atom stereocenters. The zero-order valence-electron chi connectivity index (χ0n) is 11.2. The fourth-order valence-corrected chi connectivity index (χ4v) is 2.81. The van der Waals surface area contributed by atoms with E-state index in [0.717, 1.165) is 29.4 Å². The number of alkyl halides is 2. The van der Waals surface area contributed by atoms with Crippen LogP contribution >= 0.6 is 0 Å². The number of H-pyrrole nitrogens is 1. The molecule has 0 spiro atoms. The number of phenols is 1. The smallest absolute Gasteiger partial charge is 0.250 e. The predicted molar refractivity (Wildman–Crippen MR) is 74.3 cm³/mol. The minimum atomic E-state index is -2.49. The number of aromatic amines is 1. The normalized spacial score (nSPS) is 19.5. The minimum absolute atomic E-state index is 0.0495. The Morgan fingerprint density at radius 3 is 2.75 bits per heavy atom. The standard InChI is InChI=1S/C15H18F2N2O/c16-15(17)5-8-19(9-6-15)7-4-11-10-18-12-2-1-3-13(20)14(11)12/h1-3,10,18,20H,4-9H2. The van der Waals surface area contributed by atoms with Gasteiger partial charge in [-0.3, -0.25) is 0 Å². The molecule has 20 heavy (non-hydrogen) atoms. The first-order chi connectivity index (χ1) is 9.55. The summed E-state index contributed by atoms with van der Waals surface area (Å²) in [7, 11) is 0. The van der Waals surface area contributed by atoms with Crippen LogP contribution in [0.25, 0.3) is 10.9 Å². The molecule has 0 saturated carbocycles. The monoisotopic (exact) mass is 280 g/mol. The third kappa shape index (κ3) is 2.63. The number of aromatic nitrogens is 1. The van der Waals surface area contributed by atoms with E-state index in [1.165, 1.54) is 0 Å². The number of nitrogens with zero attached hydrogens (tertiary/aromatic N) is 1. The lowest BCUT2D eigenvalue weighted by atomic mass is 10.1. The lowest BCUT2D eigenvalue weighted by Crippen LogP contribution is -2.40. The lowest BCUT2D eigenvalue weighted by molar-refractivity contribution is -0.0547. The number of nitrogens with one attached hydrogen (secondary N) is 1. The highest BCUT2D eigenvalue weighted by Crippen LogP contribution is 2.30. The second kappa shape index (κ2) is 5.05. The summed E-state index contributed by atoms with van der Waals surface area (Å²) in [5, 5.41) is 10.8. The molecular weight excluding hydrogens is 262 g/mol. The maximum absolute atomic E-state index is 13.1. The molecular formula is C15H18F2N2O. The number of piperidine rings is 1. The molecule has 1 aromatic carbocycles. The van der Waals surface area contributed by atoms with Crippen molar-refractivity contribution >= 4 is 10.9 Å². The zero-order valence-corrected chi connectivity index (χ0v) is 11.2. The molecule has 1 aliphatic rings. The summed E-state index contributed by atoms with van der Waals surface area (Å²) in [5.74, 6) is -2.22. The first-order valence-corrected chi connectivity index (χ1v) is 6.93. The van der Waals surface area contributed by atoms with E-state index in [0.29, 0.717) is 13.1 Å². The van der Waals surface area contributed by atoms with Gasteiger partial charge in [0.05, 0.1) is 0 Å². The second-order valence-corrected chi connectivity index (χ2v) is 5.46. The topological polar surface area (TPSA) is 39.3 Å². The quantitative estimate of drug-likeness (QED) is 0.906. The molecule has 3 nitrogen and oxygen atoms in total. The summed E-state index contributed by atoms with van der Waals surface area (Å²) < 4.78 is 26.2. The number of phenolic OH excluding ortho intramolecular Hbond substituents is 1. The number of halogens is 2. The Balaban J connectivity index is 1.66. The van der Waals surface area contributed by atoms with Crippen molar-refractivity contribution in [1.82, 2.24) is 9.88 Å². The van der Waals surface area contributed by atoms with Gasteiger partial charge in [-0.05, 0) is 24.1 Å². The van der Waals surface area contributed by atoms with Crippen molar-refractivity contribution in [1.29, 1.82) is 0 Å². The van der Waals surface area contributed by atoms with Crippen LogP contribution in [0, 0.1) is 0 Å². The van der Waals surface area contributed by atoms with E-state index in [4.69, 9.17) is 0 Å². The van der Waals surface area contributed by atoms with Gasteiger partial charge in [0.25, 0.3) is 5.92 Å². The van der Waals surface area contributed by atoms with Gasteiger partial charge in [0.2, 0.25) is 0 Å². The van der Waals surface area contributed by atoms with Gasteiger partial charge in [-0.1, -0.05) is 6.07 Å². The van der Waals surface area contributed by atoms with Crippen LogP contribution in [0.1, 0.15) is 18.4 Å². The molecule has 1 aromatic heterocycles. The van der Waals surface area contributed by atoms with E-state index >= 15 is 0 Å². The van der Waals surface area contributed by atoms with Crippen molar-refractivity contribution < 1.29 is 13.9 Å². The average Bonchev–Trinajstić information content (AvgIpc) is 2.82. The molecule has 0 bridgehead atoms. The van der Waals surface area contributed by atoms with Gasteiger partial charge in [-0.25, -0.2) is 8.78 Å². The number of rotatable bonds is 3. The molecule has 0 unspecified atom stereocenters. The molecule has 5 heteroatoms. The molecule has 108 valence electrons. The molecule has 2 aromatic rings. The van der Waals surface area contributed by atoms with Crippen LogP contribution in [0.5, 0.6) is 5.75 Å². The summed E-state index contributed by atoms with van der Waals surface area (Å²) in [5.41, 5.74) is 1.95. The number of hydrogen-bond donors (Lipinski definition) is 2. The van der Waals surface area contributed by atoms with Gasteiger partial charge < -0.3 is 15.0 Å². The molecule has 1 fully saturated rings. The molecule has 2 N–H and O–H groups in total. The van der Waals surface area contributed by atoms with Gasteiger partial charge in [0, 0.05) is 49.6 Å². The van der Waals surface area contributed by atoms with E-state index < -0.39 is 5.92 Å². The summed E-state index contributed by atoms with van der Waals surface area (Å²) in [6.45, 7) is 1.64. The van der Waals surface area contributed by atoms with Gasteiger partial charge >= 0.3 is 0 Å². The van der Waals surface area contributed by atoms with Gasteiger partial charge in [0.1, 0.15) is 5.75 Å². The number of hydrogen-bond acceptors (Lipinski definition) is 2. The van der Waals surface area contributed by atoms with Gasteiger partial charge in [-0.2, -0.15) is 0 Å². The summed E-state index contributed by atoms with van der Waals surface area (Å²) >= 11 is 0. The van der Waals surface area contributed by atoms with Crippen LogP contribution in [0.3, 0.4) is 0 Å². The van der Waals surface area contributed by atoms with Crippen LogP contribution in [-0.2, 0) is 6.42 Å². The zero-order chi connectivity index (χ0) is 14.2. The van der Waals surface area contributed by atoms with Crippen molar-refractivity contribution in [3.8, 4) is 5.75 Å². The Kier molecular flexibility index (Phi) is 3.38. The predicted octanol–water partition coefficient (Wildman–Crippen LogP) is 3.15. The number of likely N-dealkylation sites (tertiary alicyclic amines) is 1. The third-order valence-corrected chi connectivity index (χ3v) is 4.05. The van der Waals surface area contributed by atoms with E-state index in [1.54, 1.807) is 12.1 Å². The third-order valence-electron chi connectivity index (χ3n) is 4.05. The van der Waals surface area contributed by atoms with E-state index in [2.05, 4.69) is 9.88 Å². The van der Waals surface area contributed by atoms with Crippen LogP contribution in [0.15, 0.2) is 24.4 Å². The molecule has 0 amide bonds. The maximum atomic E-state index is 13.1. The van der Waals surface area contributed by atoms with Crippen molar-refractivity contribution in [3.05, 3.63) is 30.0 Å². The Morgan fingerprint density at radius 1 is 1.25 bits per heavy atom. The van der Waals surface area contributed by atoms with Crippen LogP contribution in [0.4, 0.5) is 8.78 Å². The Labute approximate surface area is 116 Å². The number of benzene rings is 1. The molecule has 0 radical (unpaired) electrons. The minimum Gasteiger partial charge on any atom is -0.507 e. The maximum Gasteiger partial charge on any atom is 0.250 e. The molecule has 0 aliphatic carbocycles.